The summed E-state index contributed by atoms with van der Waals surface area (Å²) in [5, 5.41) is 1.13. The number of aryl methyl sites for hydroxylation is 2. The van der Waals surface area contributed by atoms with Crippen LogP contribution in [-0.2, 0) is 18.6 Å². The molecular formula is C15H19NOS2. The van der Waals surface area contributed by atoms with Crippen LogP contribution in [0, 0.1) is 6.92 Å². The van der Waals surface area contributed by atoms with Gasteiger partial charge in [0.25, 0.3) is 0 Å². The maximum absolute atomic E-state index is 5.86. The number of thiazole rings is 1. The smallest absolute Gasteiger partial charge is 0.122 e. The average molecular weight is 293 g/mol. The van der Waals surface area contributed by atoms with Crippen molar-refractivity contribution in [3.05, 3.63) is 45.4 Å². The van der Waals surface area contributed by atoms with E-state index in [1.807, 2.05) is 19.1 Å². The van der Waals surface area contributed by atoms with Crippen LogP contribution in [0.15, 0.2) is 24.3 Å². The lowest BCUT2D eigenvalue weighted by atomic mass is 10.1. The van der Waals surface area contributed by atoms with Gasteiger partial charge in [0.1, 0.15) is 5.75 Å². The molecule has 19 heavy (non-hydrogen) atoms. The summed E-state index contributed by atoms with van der Waals surface area (Å²) in [6.07, 6.45) is 1.85. The van der Waals surface area contributed by atoms with Crippen molar-refractivity contribution in [2.75, 3.05) is 6.61 Å². The molecule has 0 aliphatic heterocycles. The molecule has 2 rings (SSSR count). The van der Waals surface area contributed by atoms with Crippen molar-refractivity contribution in [1.82, 2.24) is 4.98 Å². The van der Waals surface area contributed by atoms with Crippen LogP contribution in [0.2, 0.25) is 0 Å². The maximum Gasteiger partial charge on any atom is 0.122 e. The van der Waals surface area contributed by atoms with Crippen molar-refractivity contribution in [2.45, 2.75) is 32.4 Å². The number of para-hydroxylation sites is 1. The molecule has 0 fully saturated rings. The number of ether oxygens (including phenoxy) is 1. The van der Waals surface area contributed by atoms with Crippen LogP contribution >= 0.6 is 24.0 Å². The normalized spacial score (nSPS) is 10.7. The summed E-state index contributed by atoms with van der Waals surface area (Å²) in [7, 11) is 0. The van der Waals surface area contributed by atoms with E-state index in [4.69, 9.17) is 4.74 Å². The topological polar surface area (TPSA) is 22.1 Å². The zero-order chi connectivity index (χ0) is 13.7. The standard InChI is InChI=1S/C15H19NOS2/c1-3-12-6-4-5-7-13(12)17-9-8-15-16-11(2)14(10-18)19-15/h4-7,18H,3,8-10H2,1-2H3. The molecular weight excluding hydrogens is 274 g/mol. The van der Waals surface area contributed by atoms with Gasteiger partial charge in [0.2, 0.25) is 0 Å². The lowest BCUT2D eigenvalue weighted by molar-refractivity contribution is 0.318. The SMILES string of the molecule is CCc1ccccc1OCCc1nc(C)c(CS)s1. The van der Waals surface area contributed by atoms with Gasteiger partial charge >= 0.3 is 0 Å². The van der Waals surface area contributed by atoms with E-state index in [9.17, 15) is 0 Å². The van der Waals surface area contributed by atoms with Crippen molar-refractivity contribution in [3.8, 4) is 5.75 Å². The van der Waals surface area contributed by atoms with Crippen LogP contribution in [0.25, 0.3) is 0 Å². The van der Waals surface area contributed by atoms with Crippen LogP contribution in [0.4, 0.5) is 0 Å². The molecule has 1 heterocycles. The molecule has 0 N–H and O–H groups in total. The van der Waals surface area contributed by atoms with Crippen molar-refractivity contribution in [3.63, 3.8) is 0 Å². The maximum atomic E-state index is 5.86. The van der Waals surface area contributed by atoms with Crippen LogP contribution in [-0.4, -0.2) is 11.6 Å². The molecule has 1 aromatic heterocycles. The van der Waals surface area contributed by atoms with Gasteiger partial charge in [-0.05, 0) is 25.0 Å². The first kappa shape index (κ1) is 14.4. The molecule has 0 bridgehead atoms. The third-order valence-corrected chi connectivity index (χ3v) is 4.75. The van der Waals surface area contributed by atoms with Gasteiger partial charge in [-0.1, -0.05) is 25.1 Å². The Bertz CT molecular complexity index is 537. The summed E-state index contributed by atoms with van der Waals surface area (Å²) >= 11 is 6.04. The Morgan fingerprint density at radius 1 is 1.32 bits per heavy atom. The summed E-state index contributed by atoms with van der Waals surface area (Å²) < 4.78 is 5.86. The number of rotatable bonds is 6. The Morgan fingerprint density at radius 3 is 2.79 bits per heavy atom. The van der Waals surface area contributed by atoms with Gasteiger partial charge in [-0.25, -0.2) is 4.98 Å². The predicted molar refractivity (Wildman–Crippen MR) is 84.6 cm³/mol. The van der Waals surface area contributed by atoms with Gasteiger partial charge in [0.05, 0.1) is 17.3 Å². The lowest BCUT2D eigenvalue weighted by Crippen LogP contribution is -2.02. The molecule has 0 aliphatic rings. The zero-order valence-electron chi connectivity index (χ0n) is 11.3. The number of aromatic nitrogens is 1. The second-order valence-corrected chi connectivity index (χ2v) is 5.82. The Labute approximate surface area is 124 Å². The highest BCUT2D eigenvalue weighted by atomic mass is 32.1. The van der Waals surface area contributed by atoms with E-state index in [-0.39, 0.29) is 0 Å². The molecule has 0 aliphatic carbocycles. The zero-order valence-corrected chi connectivity index (χ0v) is 13.1. The average Bonchev–Trinajstić information content (AvgIpc) is 2.79. The Morgan fingerprint density at radius 2 is 2.11 bits per heavy atom. The molecule has 1 aromatic carbocycles. The summed E-state index contributed by atoms with van der Waals surface area (Å²) in [5.41, 5.74) is 2.36. The second kappa shape index (κ2) is 6.96. The summed E-state index contributed by atoms with van der Waals surface area (Å²) in [5.74, 6) is 1.76. The molecule has 0 atom stereocenters. The molecule has 0 radical (unpaired) electrons. The van der Waals surface area contributed by atoms with Gasteiger partial charge in [0, 0.05) is 17.1 Å². The van der Waals surface area contributed by atoms with Crippen LogP contribution in [0.1, 0.15) is 28.1 Å². The Hall–Kier alpha value is -1.000. The summed E-state index contributed by atoms with van der Waals surface area (Å²) in [6.45, 7) is 4.86. The largest absolute Gasteiger partial charge is 0.493 e. The first-order valence-electron chi connectivity index (χ1n) is 6.51. The highest BCUT2D eigenvalue weighted by Crippen LogP contribution is 2.21. The first-order chi connectivity index (χ1) is 9.24. The van der Waals surface area contributed by atoms with E-state index >= 15 is 0 Å². The van der Waals surface area contributed by atoms with Gasteiger partial charge in [-0.2, -0.15) is 12.6 Å². The number of benzene rings is 1. The fraction of sp³-hybridized carbons (Fsp3) is 0.400. The third-order valence-electron chi connectivity index (χ3n) is 3.01. The minimum Gasteiger partial charge on any atom is -0.493 e. The molecule has 0 unspecified atom stereocenters. The molecule has 102 valence electrons. The minimum atomic E-state index is 0.677. The molecule has 0 amide bonds. The highest BCUT2D eigenvalue weighted by molar-refractivity contribution is 7.79. The van der Waals surface area contributed by atoms with Gasteiger partial charge in [-0.15, -0.1) is 11.3 Å². The number of hydrogen-bond donors (Lipinski definition) is 1. The highest BCUT2D eigenvalue weighted by Gasteiger charge is 2.07. The van der Waals surface area contributed by atoms with E-state index < -0.39 is 0 Å². The van der Waals surface area contributed by atoms with Gasteiger partial charge in [0.15, 0.2) is 0 Å². The van der Waals surface area contributed by atoms with Crippen molar-refractivity contribution < 1.29 is 4.74 Å². The van der Waals surface area contributed by atoms with Crippen LogP contribution < -0.4 is 4.74 Å². The second-order valence-electron chi connectivity index (χ2n) is 4.33. The molecule has 0 saturated heterocycles. The molecule has 4 heteroatoms. The van der Waals surface area contributed by atoms with Crippen molar-refractivity contribution in [2.24, 2.45) is 0 Å². The number of hydrogen-bond acceptors (Lipinski definition) is 4. The Balaban J connectivity index is 1.92. The number of thiol groups is 1. The fourth-order valence-corrected chi connectivity index (χ4v) is 3.26. The monoisotopic (exact) mass is 293 g/mol. The predicted octanol–water partition coefficient (Wildman–Crippen LogP) is 4.07. The molecule has 2 aromatic rings. The summed E-state index contributed by atoms with van der Waals surface area (Å²) in [6, 6.07) is 8.21. The Kier molecular flexibility index (Phi) is 5.28. The van der Waals surface area contributed by atoms with Gasteiger partial charge < -0.3 is 4.74 Å². The van der Waals surface area contributed by atoms with Crippen molar-refractivity contribution in [1.29, 1.82) is 0 Å². The van der Waals surface area contributed by atoms with Crippen LogP contribution in [0.3, 0.4) is 0 Å². The number of nitrogens with zero attached hydrogens (tertiary/aromatic N) is 1. The fourth-order valence-electron chi connectivity index (χ4n) is 1.93. The van der Waals surface area contributed by atoms with E-state index in [1.54, 1.807) is 11.3 Å². The molecule has 0 spiro atoms. The van der Waals surface area contributed by atoms with E-state index in [0.717, 1.165) is 35.0 Å². The molecule has 2 nitrogen and oxygen atoms in total. The van der Waals surface area contributed by atoms with Gasteiger partial charge in [-0.3, -0.25) is 0 Å². The van der Waals surface area contributed by atoms with E-state index in [1.165, 1.54) is 10.4 Å². The third kappa shape index (κ3) is 3.74. The van der Waals surface area contributed by atoms with Crippen molar-refractivity contribution >= 4 is 24.0 Å². The van der Waals surface area contributed by atoms with E-state index in [2.05, 4.69) is 36.7 Å². The van der Waals surface area contributed by atoms with Crippen LogP contribution in [0.5, 0.6) is 5.75 Å². The lowest BCUT2D eigenvalue weighted by Gasteiger charge is -2.09. The first-order valence-corrected chi connectivity index (χ1v) is 7.96. The summed E-state index contributed by atoms with van der Waals surface area (Å²) in [4.78, 5) is 5.80. The molecule has 0 saturated carbocycles. The minimum absolute atomic E-state index is 0.677. The van der Waals surface area contributed by atoms with E-state index in [0.29, 0.717) is 6.61 Å². The quantitative estimate of drug-likeness (QED) is 0.811.